The van der Waals surface area contributed by atoms with Crippen molar-refractivity contribution in [3.05, 3.63) is 34.6 Å². The zero-order valence-electron chi connectivity index (χ0n) is 8.26. The summed E-state index contributed by atoms with van der Waals surface area (Å²) in [5.41, 5.74) is 0.746. The van der Waals surface area contributed by atoms with Gasteiger partial charge in [0.2, 0.25) is 0 Å². The van der Waals surface area contributed by atoms with Crippen molar-refractivity contribution in [2.45, 2.75) is 24.9 Å². The van der Waals surface area contributed by atoms with Crippen molar-refractivity contribution >= 4 is 11.6 Å². The van der Waals surface area contributed by atoms with Crippen LogP contribution < -0.4 is 5.32 Å². The number of hydrogen-bond acceptors (Lipinski definition) is 2. The highest BCUT2D eigenvalue weighted by atomic mass is 35.5. The highest BCUT2D eigenvalue weighted by Gasteiger charge is 2.41. The normalized spacial score (nSPS) is 17.8. The van der Waals surface area contributed by atoms with Crippen LogP contribution in [0.4, 0.5) is 4.39 Å². The second kappa shape index (κ2) is 4.08. The molecule has 15 heavy (non-hydrogen) atoms. The summed E-state index contributed by atoms with van der Waals surface area (Å²) >= 11 is 5.88. The summed E-state index contributed by atoms with van der Waals surface area (Å²) in [4.78, 5) is 0. The Morgan fingerprint density at radius 1 is 1.47 bits per heavy atom. The van der Waals surface area contributed by atoms with E-state index in [0.29, 0.717) is 11.6 Å². The summed E-state index contributed by atoms with van der Waals surface area (Å²) in [7, 11) is 0. The Hall–Kier alpha value is -0.640. The molecule has 1 aromatic rings. The maximum absolute atomic E-state index is 12.8. The van der Waals surface area contributed by atoms with Gasteiger partial charge in [0.1, 0.15) is 5.82 Å². The van der Waals surface area contributed by atoms with Crippen molar-refractivity contribution in [1.29, 1.82) is 0 Å². The molecule has 1 aromatic carbocycles. The topological polar surface area (TPSA) is 32.3 Å². The molecule has 1 aliphatic rings. The minimum absolute atomic E-state index is 0.113. The molecule has 0 spiro atoms. The molecule has 0 bridgehead atoms. The molecular formula is C11H13ClFNO. The van der Waals surface area contributed by atoms with Gasteiger partial charge in [-0.15, -0.1) is 0 Å². The maximum Gasteiger partial charge on any atom is 0.124 e. The lowest BCUT2D eigenvalue weighted by Gasteiger charge is -2.14. The first-order valence-electron chi connectivity index (χ1n) is 4.95. The van der Waals surface area contributed by atoms with Crippen molar-refractivity contribution < 1.29 is 9.50 Å². The second-order valence-corrected chi connectivity index (χ2v) is 4.43. The highest BCUT2D eigenvalue weighted by molar-refractivity contribution is 6.31. The van der Waals surface area contributed by atoms with Crippen molar-refractivity contribution in [2.24, 2.45) is 0 Å². The Balaban J connectivity index is 1.99. The number of aliphatic hydroxyl groups is 1. The standard InChI is InChI=1S/C11H13ClFNO/c12-10-5-9(13)2-1-8(10)6-14-11(7-15)3-4-11/h1-2,5,14-15H,3-4,6-7H2. The number of hydrogen-bond donors (Lipinski definition) is 2. The molecule has 82 valence electrons. The number of benzene rings is 1. The zero-order chi connectivity index (χ0) is 10.9. The lowest BCUT2D eigenvalue weighted by atomic mass is 10.2. The fraction of sp³-hybridized carbons (Fsp3) is 0.455. The van der Waals surface area contributed by atoms with Crippen LogP contribution in [0.2, 0.25) is 5.02 Å². The van der Waals surface area contributed by atoms with E-state index in [9.17, 15) is 4.39 Å². The van der Waals surface area contributed by atoms with Gasteiger partial charge >= 0.3 is 0 Å². The molecule has 0 heterocycles. The van der Waals surface area contributed by atoms with Gasteiger partial charge in [-0.1, -0.05) is 17.7 Å². The number of aliphatic hydroxyl groups excluding tert-OH is 1. The summed E-state index contributed by atoms with van der Waals surface area (Å²) in [6.45, 7) is 0.714. The minimum atomic E-state index is -0.327. The van der Waals surface area contributed by atoms with E-state index in [1.165, 1.54) is 12.1 Å². The molecule has 2 nitrogen and oxygen atoms in total. The van der Waals surface area contributed by atoms with Crippen molar-refractivity contribution in [3.63, 3.8) is 0 Å². The lowest BCUT2D eigenvalue weighted by molar-refractivity contribution is 0.229. The van der Waals surface area contributed by atoms with E-state index in [1.807, 2.05) is 0 Å². The van der Waals surface area contributed by atoms with Gasteiger partial charge in [0.25, 0.3) is 0 Å². The van der Waals surface area contributed by atoms with Gasteiger partial charge in [-0.2, -0.15) is 0 Å². The van der Waals surface area contributed by atoms with Gasteiger partial charge in [-0.3, -0.25) is 0 Å². The van der Waals surface area contributed by atoms with E-state index in [0.717, 1.165) is 18.4 Å². The monoisotopic (exact) mass is 229 g/mol. The van der Waals surface area contributed by atoms with Gasteiger partial charge < -0.3 is 10.4 Å². The molecular weight excluding hydrogens is 217 g/mol. The van der Waals surface area contributed by atoms with Crippen LogP contribution in [0.5, 0.6) is 0 Å². The Morgan fingerprint density at radius 3 is 2.73 bits per heavy atom. The molecule has 2 rings (SSSR count). The smallest absolute Gasteiger partial charge is 0.124 e. The van der Waals surface area contributed by atoms with Crippen molar-refractivity contribution in [3.8, 4) is 0 Å². The Kier molecular flexibility index (Phi) is 2.96. The van der Waals surface area contributed by atoms with Crippen molar-refractivity contribution in [1.82, 2.24) is 5.32 Å². The van der Waals surface area contributed by atoms with E-state index < -0.39 is 0 Å². The Morgan fingerprint density at radius 2 is 2.20 bits per heavy atom. The molecule has 0 aliphatic heterocycles. The predicted molar refractivity (Wildman–Crippen MR) is 57.3 cm³/mol. The molecule has 1 fully saturated rings. The first-order chi connectivity index (χ1) is 7.15. The van der Waals surface area contributed by atoms with E-state index in [-0.39, 0.29) is 18.0 Å². The molecule has 1 saturated carbocycles. The molecule has 0 amide bonds. The third-order valence-corrected chi connectivity index (χ3v) is 3.18. The molecule has 0 atom stereocenters. The van der Waals surface area contributed by atoms with E-state index in [4.69, 9.17) is 16.7 Å². The zero-order valence-corrected chi connectivity index (χ0v) is 9.02. The minimum Gasteiger partial charge on any atom is -0.394 e. The summed E-state index contributed by atoms with van der Waals surface area (Å²) < 4.78 is 12.8. The summed E-state index contributed by atoms with van der Waals surface area (Å²) in [6, 6.07) is 4.36. The highest BCUT2D eigenvalue weighted by Crippen LogP contribution is 2.35. The Bertz CT molecular complexity index is 366. The quantitative estimate of drug-likeness (QED) is 0.829. The largest absolute Gasteiger partial charge is 0.394 e. The number of rotatable bonds is 4. The van der Waals surface area contributed by atoms with E-state index in [2.05, 4.69) is 5.32 Å². The molecule has 0 unspecified atom stereocenters. The second-order valence-electron chi connectivity index (χ2n) is 4.03. The van der Waals surface area contributed by atoms with Gasteiger partial charge in [0.05, 0.1) is 6.61 Å². The van der Waals surface area contributed by atoms with Gasteiger partial charge in [0, 0.05) is 17.1 Å². The molecule has 4 heteroatoms. The third kappa shape index (κ3) is 2.48. The summed E-state index contributed by atoms with van der Waals surface area (Å²) in [6.07, 6.45) is 1.98. The van der Waals surface area contributed by atoms with Crippen LogP contribution in [0.3, 0.4) is 0 Å². The predicted octanol–water partition coefficient (Wildman–Crippen LogP) is 2.09. The molecule has 0 saturated heterocycles. The number of nitrogens with one attached hydrogen (secondary N) is 1. The van der Waals surface area contributed by atoms with Crippen LogP contribution in [-0.2, 0) is 6.54 Å². The number of halogens is 2. The maximum atomic E-state index is 12.8. The van der Waals surface area contributed by atoms with E-state index in [1.54, 1.807) is 6.07 Å². The average Bonchev–Trinajstić information content (AvgIpc) is 2.97. The van der Waals surface area contributed by atoms with Crippen molar-refractivity contribution in [2.75, 3.05) is 6.61 Å². The summed E-state index contributed by atoms with van der Waals surface area (Å²) in [5, 5.41) is 12.8. The SMILES string of the molecule is OCC1(NCc2ccc(F)cc2Cl)CC1. The molecule has 2 N–H and O–H groups in total. The Labute approximate surface area is 93.1 Å². The van der Waals surface area contributed by atoms with Gasteiger partial charge in [-0.25, -0.2) is 4.39 Å². The van der Waals surface area contributed by atoms with E-state index >= 15 is 0 Å². The van der Waals surface area contributed by atoms with Gasteiger partial charge in [0.15, 0.2) is 0 Å². The molecule has 0 radical (unpaired) electrons. The average molecular weight is 230 g/mol. The van der Waals surface area contributed by atoms with Crippen LogP contribution >= 0.6 is 11.6 Å². The summed E-state index contributed by atoms with van der Waals surface area (Å²) in [5.74, 6) is -0.327. The first-order valence-corrected chi connectivity index (χ1v) is 5.33. The van der Waals surface area contributed by atoms with Crippen LogP contribution in [-0.4, -0.2) is 17.3 Å². The van der Waals surface area contributed by atoms with Crippen LogP contribution in [0.25, 0.3) is 0 Å². The fourth-order valence-electron chi connectivity index (χ4n) is 1.49. The lowest BCUT2D eigenvalue weighted by Crippen LogP contribution is -2.34. The fourth-order valence-corrected chi connectivity index (χ4v) is 1.72. The molecule has 1 aliphatic carbocycles. The van der Waals surface area contributed by atoms with Gasteiger partial charge in [-0.05, 0) is 30.5 Å². The van der Waals surface area contributed by atoms with Crippen LogP contribution in [0, 0.1) is 5.82 Å². The van der Waals surface area contributed by atoms with Crippen LogP contribution in [0.15, 0.2) is 18.2 Å². The third-order valence-electron chi connectivity index (χ3n) is 2.83. The van der Waals surface area contributed by atoms with Crippen LogP contribution in [0.1, 0.15) is 18.4 Å². The molecule has 0 aromatic heterocycles. The first kappa shape index (κ1) is 10.9.